The number of carbonyl (C=O) groups is 1. The Morgan fingerprint density at radius 1 is 1.08 bits per heavy atom. The van der Waals surface area contributed by atoms with Crippen LogP contribution >= 0.6 is 11.3 Å². The van der Waals surface area contributed by atoms with Crippen LogP contribution in [0.5, 0.6) is 5.75 Å². The summed E-state index contributed by atoms with van der Waals surface area (Å²) >= 11 is 1.79. The van der Waals surface area contributed by atoms with E-state index < -0.39 is 0 Å². The molecule has 0 spiro atoms. The Balaban J connectivity index is 1.31. The summed E-state index contributed by atoms with van der Waals surface area (Å²) in [6, 6.07) is 12.0. The quantitative estimate of drug-likeness (QED) is 0.898. The predicted molar refractivity (Wildman–Crippen MR) is 105 cm³/mol. The second kappa shape index (κ2) is 7.68. The highest BCUT2D eigenvalue weighted by molar-refractivity contribution is 7.10. The van der Waals surface area contributed by atoms with Gasteiger partial charge in [0, 0.05) is 42.8 Å². The molecule has 0 unspecified atom stereocenters. The Labute approximate surface area is 158 Å². The molecule has 6 heteroatoms. The number of amides is 1. The summed E-state index contributed by atoms with van der Waals surface area (Å²) in [5.74, 6) is 0.535. The minimum Gasteiger partial charge on any atom is -0.508 e. The Morgan fingerprint density at radius 2 is 1.85 bits per heavy atom. The first-order valence-electron chi connectivity index (χ1n) is 9.30. The number of anilines is 1. The molecule has 1 aromatic carbocycles. The van der Waals surface area contributed by atoms with Crippen molar-refractivity contribution in [3.63, 3.8) is 0 Å². The van der Waals surface area contributed by atoms with Crippen molar-refractivity contribution in [2.75, 3.05) is 44.2 Å². The largest absolute Gasteiger partial charge is 0.508 e. The molecule has 0 bridgehead atoms. The number of rotatable bonds is 4. The molecule has 2 fully saturated rings. The van der Waals surface area contributed by atoms with Gasteiger partial charge in [-0.2, -0.15) is 0 Å². The third kappa shape index (κ3) is 3.71. The molecule has 4 rings (SSSR count). The zero-order valence-corrected chi connectivity index (χ0v) is 15.7. The number of aromatic hydroxyl groups is 1. The second-order valence-corrected chi connectivity index (χ2v) is 8.01. The highest BCUT2D eigenvalue weighted by Crippen LogP contribution is 2.34. The maximum atomic E-state index is 12.8. The normalized spacial score (nSPS) is 21.3. The molecule has 3 heterocycles. The number of phenols is 1. The van der Waals surface area contributed by atoms with Crippen molar-refractivity contribution in [2.45, 2.75) is 18.9 Å². The monoisotopic (exact) mass is 371 g/mol. The fraction of sp³-hybridized carbons (Fsp3) is 0.450. The number of hydrogen-bond donors (Lipinski definition) is 1. The van der Waals surface area contributed by atoms with Crippen molar-refractivity contribution in [1.82, 2.24) is 9.80 Å². The van der Waals surface area contributed by atoms with Crippen LogP contribution in [0.1, 0.15) is 23.8 Å². The molecule has 2 aromatic rings. The summed E-state index contributed by atoms with van der Waals surface area (Å²) in [5.41, 5.74) is 1.10. The number of phenolic OH excluding ortho intramolecular Hbond substituents is 1. The van der Waals surface area contributed by atoms with Crippen molar-refractivity contribution in [1.29, 1.82) is 0 Å². The third-order valence-electron chi connectivity index (χ3n) is 5.42. The zero-order chi connectivity index (χ0) is 17.9. The van der Waals surface area contributed by atoms with E-state index in [0.717, 1.165) is 44.8 Å². The molecule has 1 aromatic heterocycles. The fourth-order valence-electron chi connectivity index (χ4n) is 3.97. The molecule has 0 radical (unpaired) electrons. The van der Waals surface area contributed by atoms with Crippen molar-refractivity contribution >= 4 is 22.9 Å². The summed E-state index contributed by atoms with van der Waals surface area (Å²) in [5, 5.41) is 11.5. The molecule has 138 valence electrons. The minimum atomic E-state index is 0.249. The lowest BCUT2D eigenvalue weighted by atomic mass is 10.2. The summed E-state index contributed by atoms with van der Waals surface area (Å²) < 4.78 is 0. The van der Waals surface area contributed by atoms with Gasteiger partial charge in [-0.25, -0.2) is 0 Å². The van der Waals surface area contributed by atoms with E-state index in [9.17, 15) is 9.90 Å². The van der Waals surface area contributed by atoms with E-state index in [1.165, 1.54) is 11.3 Å². The smallest absolute Gasteiger partial charge is 0.236 e. The van der Waals surface area contributed by atoms with Crippen LogP contribution in [-0.4, -0.2) is 60.1 Å². The van der Waals surface area contributed by atoms with Gasteiger partial charge in [-0.15, -0.1) is 11.3 Å². The molecule has 2 aliphatic rings. The number of hydrogen-bond acceptors (Lipinski definition) is 5. The van der Waals surface area contributed by atoms with Crippen molar-refractivity contribution in [3.8, 4) is 5.75 Å². The molecule has 1 atom stereocenters. The van der Waals surface area contributed by atoms with Crippen LogP contribution in [0, 0.1) is 0 Å². The average molecular weight is 372 g/mol. The number of thiophene rings is 1. The average Bonchev–Trinajstić information content (AvgIpc) is 3.34. The molecule has 0 saturated carbocycles. The number of carbonyl (C=O) groups excluding carboxylic acids is 1. The topological polar surface area (TPSA) is 47.0 Å². The molecule has 26 heavy (non-hydrogen) atoms. The molecule has 1 amide bonds. The van der Waals surface area contributed by atoms with Crippen LogP contribution in [0.2, 0.25) is 0 Å². The summed E-state index contributed by atoms with van der Waals surface area (Å²) in [6.45, 7) is 4.74. The van der Waals surface area contributed by atoms with Gasteiger partial charge < -0.3 is 14.9 Å². The van der Waals surface area contributed by atoms with Crippen LogP contribution in [0.15, 0.2) is 41.8 Å². The van der Waals surface area contributed by atoms with Crippen molar-refractivity contribution in [2.24, 2.45) is 0 Å². The lowest BCUT2D eigenvalue weighted by Gasteiger charge is -2.37. The molecular weight excluding hydrogens is 346 g/mol. The second-order valence-electron chi connectivity index (χ2n) is 7.03. The van der Waals surface area contributed by atoms with Gasteiger partial charge in [-0.3, -0.25) is 9.69 Å². The van der Waals surface area contributed by atoms with Crippen LogP contribution in [0.3, 0.4) is 0 Å². The van der Waals surface area contributed by atoms with E-state index >= 15 is 0 Å². The number of piperazine rings is 1. The highest BCUT2D eigenvalue weighted by atomic mass is 32.1. The van der Waals surface area contributed by atoms with E-state index in [4.69, 9.17) is 0 Å². The summed E-state index contributed by atoms with van der Waals surface area (Å²) in [6.07, 6.45) is 2.33. The molecule has 5 nitrogen and oxygen atoms in total. The van der Waals surface area contributed by atoms with Gasteiger partial charge in [0.1, 0.15) is 5.75 Å². The van der Waals surface area contributed by atoms with Gasteiger partial charge in [-0.1, -0.05) is 6.07 Å². The van der Waals surface area contributed by atoms with E-state index in [1.807, 2.05) is 17.0 Å². The van der Waals surface area contributed by atoms with E-state index in [2.05, 4.69) is 27.3 Å². The maximum absolute atomic E-state index is 12.8. The van der Waals surface area contributed by atoms with Gasteiger partial charge in [0.15, 0.2) is 0 Å². The van der Waals surface area contributed by atoms with Crippen LogP contribution < -0.4 is 4.90 Å². The number of likely N-dealkylation sites (tertiary alicyclic amines) is 1. The van der Waals surface area contributed by atoms with Gasteiger partial charge in [0.2, 0.25) is 5.91 Å². The van der Waals surface area contributed by atoms with Gasteiger partial charge >= 0.3 is 0 Å². The predicted octanol–water partition coefficient (Wildman–Crippen LogP) is 2.94. The van der Waals surface area contributed by atoms with Crippen LogP contribution in [0.25, 0.3) is 0 Å². The van der Waals surface area contributed by atoms with Gasteiger partial charge in [0.05, 0.1) is 6.54 Å². The first kappa shape index (κ1) is 17.4. The van der Waals surface area contributed by atoms with Gasteiger partial charge in [0.25, 0.3) is 0 Å². The molecule has 1 N–H and O–H groups in total. The Bertz CT molecular complexity index is 724. The number of benzene rings is 1. The SMILES string of the molecule is O=C(CN1CCC[C@H]1c1cccs1)N1CCN(c2ccc(O)cc2)CC1. The molecule has 2 aliphatic heterocycles. The third-order valence-corrected chi connectivity index (χ3v) is 6.39. The molecule has 0 aliphatic carbocycles. The van der Waals surface area contributed by atoms with E-state index in [-0.39, 0.29) is 11.7 Å². The van der Waals surface area contributed by atoms with E-state index in [1.54, 1.807) is 23.5 Å². The number of nitrogens with zero attached hydrogens (tertiary/aromatic N) is 3. The molecular formula is C20H25N3O2S. The first-order chi connectivity index (χ1) is 12.7. The lowest BCUT2D eigenvalue weighted by molar-refractivity contribution is -0.133. The first-order valence-corrected chi connectivity index (χ1v) is 10.2. The fourth-order valence-corrected chi connectivity index (χ4v) is 4.87. The lowest BCUT2D eigenvalue weighted by Crippen LogP contribution is -2.51. The Morgan fingerprint density at radius 3 is 2.54 bits per heavy atom. The highest BCUT2D eigenvalue weighted by Gasteiger charge is 2.30. The van der Waals surface area contributed by atoms with Crippen LogP contribution in [0.4, 0.5) is 5.69 Å². The zero-order valence-electron chi connectivity index (χ0n) is 14.9. The van der Waals surface area contributed by atoms with E-state index in [0.29, 0.717) is 12.6 Å². The maximum Gasteiger partial charge on any atom is 0.236 e. The van der Waals surface area contributed by atoms with Crippen LogP contribution in [-0.2, 0) is 4.79 Å². The van der Waals surface area contributed by atoms with Gasteiger partial charge in [-0.05, 0) is 55.1 Å². The standard InChI is InChI=1S/C20H25N3O2S/c24-17-7-5-16(6-8-17)21-10-12-22(13-11-21)20(25)15-23-9-1-3-18(23)19-4-2-14-26-19/h2,4-8,14,18,24H,1,3,9-13,15H2/t18-/m0/s1. The van der Waals surface area contributed by atoms with Crippen molar-refractivity contribution < 1.29 is 9.90 Å². The Hall–Kier alpha value is -2.05. The van der Waals surface area contributed by atoms with Crippen molar-refractivity contribution in [3.05, 3.63) is 46.7 Å². The summed E-state index contributed by atoms with van der Waals surface area (Å²) in [4.78, 5) is 20.8. The molecule has 2 saturated heterocycles. The Kier molecular flexibility index (Phi) is 5.13. The minimum absolute atomic E-state index is 0.249. The summed E-state index contributed by atoms with van der Waals surface area (Å²) in [7, 11) is 0.